The number of ether oxygens (including phenoxy) is 1. The van der Waals surface area contributed by atoms with E-state index in [2.05, 4.69) is 6.58 Å². The van der Waals surface area contributed by atoms with Crippen molar-refractivity contribution in [2.24, 2.45) is 0 Å². The van der Waals surface area contributed by atoms with Crippen LogP contribution in [0, 0.1) is 19.7 Å². The first-order valence-electron chi connectivity index (χ1n) is 5.52. The van der Waals surface area contributed by atoms with Crippen molar-refractivity contribution in [3.05, 3.63) is 52.2 Å². The van der Waals surface area contributed by atoms with Gasteiger partial charge in [0.2, 0.25) is 5.82 Å². The number of aryl methyl sites for hydroxylation is 2. The zero-order chi connectivity index (χ0) is 13.3. The van der Waals surface area contributed by atoms with Crippen molar-refractivity contribution < 1.29 is 13.5 Å². The van der Waals surface area contributed by atoms with E-state index in [0.29, 0.717) is 34.5 Å². The minimum Gasteiger partial charge on any atom is -0.489 e. The fourth-order valence-electron chi connectivity index (χ4n) is 1.81. The molecule has 0 bridgehead atoms. The number of hydrogen-bond acceptors (Lipinski definition) is 3. The van der Waals surface area contributed by atoms with Gasteiger partial charge in [-0.3, -0.25) is 0 Å². The van der Waals surface area contributed by atoms with Gasteiger partial charge < -0.3 is 9.15 Å². The minimum atomic E-state index is -0.955. The summed E-state index contributed by atoms with van der Waals surface area (Å²) in [6.07, 6.45) is 1.62. The van der Waals surface area contributed by atoms with E-state index in [1.54, 1.807) is 32.1 Å². The Labute approximate surface area is 103 Å². The Morgan fingerprint density at radius 2 is 2.11 bits per heavy atom. The summed E-state index contributed by atoms with van der Waals surface area (Å²) in [4.78, 5) is 11.3. The van der Waals surface area contributed by atoms with Crippen LogP contribution in [0.4, 0.5) is 4.39 Å². The third-order valence-electron chi connectivity index (χ3n) is 2.82. The lowest BCUT2D eigenvalue weighted by molar-refractivity contribution is 0.360. The Morgan fingerprint density at radius 3 is 2.78 bits per heavy atom. The molecule has 0 spiro atoms. The molecule has 0 amide bonds. The molecular weight excluding hydrogens is 235 g/mol. The van der Waals surface area contributed by atoms with Crippen LogP contribution < -0.4 is 10.4 Å². The molecule has 4 heteroatoms. The summed E-state index contributed by atoms with van der Waals surface area (Å²) in [5, 5.41) is 0.579. The van der Waals surface area contributed by atoms with E-state index >= 15 is 0 Å². The molecule has 1 aromatic carbocycles. The van der Waals surface area contributed by atoms with Crippen LogP contribution >= 0.6 is 0 Å². The Morgan fingerprint density at radius 1 is 1.39 bits per heavy atom. The lowest BCUT2D eigenvalue weighted by atomic mass is 10.1. The topological polar surface area (TPSA) is 39.4 Å². The SMILES string of the molecule is C=CCOc1ccc2c(C)c(F)c(=O)oc2c1C. The zero-order valence-electron chi connectivity index (χ0n) is 10.2. The van der Waals surface area contributed by atoms with E-state index in [0.717, 1.165) is 0 Å². The molecule has 2 rings (SSSR count). The second kappa shape index (κ2) is 4.64. The number of benzene rings is 1. The first-order chi connectivity index (χ1) is 8.56. The summed E-state index contributed by atoms with van der Waals surface area (Å²) in [6.45, 7) is 7.24. The standard InChI is InChI=1S/C14H13FO3/c1-4-7-17-11-6-5-10-8(2)12(15)14(16)18-13(10)9(11)3/h4-6H,1,7H2,2-3H3. The maximum absolute atomic E-state index is 13.4. The van der Waals surface area contributed by atoms with Gasteiger partial charge in [-0.2, -0.15) is 4.39 Å². The Hall–Kier alpha value is -2.10. The molecular formula is C14H13FO3. The third-order valence-corrected chi connectivity index (χ3v) is 2.82. The first kappa shape index (κ1) is 12.4. The van der Waals surface area contributed by atoms with Crippen molar-refractivity contribution in [1.82, 2.24) is 0 Å². The molecule has 0 aliphatic heterocycles. The molecule has 0 N–H and O–H groups in total. The zero-order valence-corrected chi connectivity index (χ0v) is 10.2. The van der Waals surface area contributed by atoms with Crippen LogP contribution in [0.2, 0.25) is 0 Å². The molecule has 0 radical (unpaired) electrons. The van der Waals surface area contributed by atoms with Gasteiger partial charge in [0.1, 0.15) is 17.9 Å². The quantitative estimate of drug-likeness (QED) is 0.619. The average molecular weight is 248 g/mol. The van der Waals surface area contributed by atoms with Gasteiger partial charge in [-0.05, 0) is 26.0 Å². The van der Waals surface area contributed by atoms with Crippen molar-refractivity contribution >= 4 is 11.0 Å². The van der Waals surface area contributed by atoms with Crippen LogP contribution in [0.25, 0.3) is 11.0 Å². The van der Waals surface area contributed by atoms with E-state index in [4.69, 9.17) is 9.15 Å². The third kappa shape index (κ3) is 1.90. The van der Waals surface area contributed by atoms with Gasteiger partial charge in [0, 0.05) is 16.5 Å². The molecule has 0 fully saturated rings. The van der Waals surface area contributed by atoms with Gasteiger partial charge in [-0.15, -0.1) is 0 Å². The van der Waals surface area contributed by atoms with E-state index in [9.17, 15) is 9.18 Å². The number of rotatable bonds is 3. The number of fused-ring (bicyclic) bond motifs is 1. The fourth-order valence-corrected chi connectivity index (χ4v) is 1.81. The van der Waals surface area contributed by atoms with Crippen molar-refractivity contribution in [3.8, 4) is 5.75 Å². The van der Waals surface area contributed by atoms with Crippen LogP contribution in [0.1, 0.15) is 11.1 Å². The van der Waals surface area contributed by atoms with Crippen molar-refractivity contribution in [2.45, 2.75) is 13.8 Å². The van der Waals surface area contributed by atoms with Gasteiger partial charge in [-0.25, -0.2) is 4.79 Å². The van der Waals surface area contributed by atoms with E-state index < -0.39 is 11.4 Å². The van der Waals surface area contributed by atoms with Crippen molar-refractivity contribution in [2.75, 3.05) is 6.61 Å². The Kier molecular flexibility index (Phi) is 3.19. The highest BCUT2D eigenvalue weighted by atomic mass is 19.1. The summed E-state index contributed by atoms with van der Waals surface area (Å²) in [7, 11) is 0. The normalized spacial score (nSPS) is 10.6. The van der Waals surface area contributed by atoms with Gasteiger partial charge in [0.25, 0.3) is 0 Å². The van der Waals surface area contributed by atoms with Crippen LogP contribution in [-0.4, -0.2) is 6.61 Å². The molecule has 0 unspecified atom stereocenters. The number of halogens is 1. The summed E-state index contributed by atoms with van der Waals surface area (Å²) < 4.78 is 23.9. The summed E-state index contributed by atoms with van der Waals surface area (Å²) in [6, 6.07) is 3.41. The minimum absolute atomic E-state index is 0.291. The fraction of sp³-hybridized carbons (Fsp3) is 0.214. The monoisotopic (exact) mass is 248 g/mol. The lowest BCUT2D eigenvalue weighted by Gasteiger charge is -2.10. The summed E-state index contributed by atoms with van der Waals surface area (Å²) in [5.41, 5.74) is 0.374. The maximum Gasteiger partial charge on any atom is 0.372 e. The molecule has 3 nitrogen and oxygen atoms in total. The molecule has 0 saturated heterocycles. The predicted molar refractivity (Wildman–Crippen MR) is 67.6 cm³/mol. The highest BCUT2D eigenvalue weighted by Gasteiger charge is 2.14. The van der Waals surface area contributed by atoms with Crippen LogP contribution in [0.5, 0.6) is 5.75 Å². The lowest BCUT2D eigenvalue weighted by Crippen LogP contribution is -2.08. The van der Waals surface area contributed by atoms with E-state index in [1.165, 1.54) is 0 Å². The maximum atomic E-state index is 13.4. The second-order valence-electron chi connectivity index (χ2n) is 3.99. The molecule has 1 aromatic heterocycles. The molecule has 0 saturated carbocycles. The predicted octanol–water partition coefficient (Wildman–Crippen LogP) is 3.11. The van der Waals surface area contributed by atoms with Gasteiger partial charge >= 0.3 is 5.63 Å². The van der Waals surface area contributed by atoms with Gasteiger partial charge in [0.05, 0.1) is 0 Å². The van der Waals surface area contributed by atoms with E-state index in [-0.39, 0.29) is 0 Å². The first-order valence-corrected chi connectivity index (χ1v) is 5.52. The van der Waals surface area contributed by atoms with Crippen molar-refractivity contribution in [1.29, 1.82) is 0 Å². The summed E-state index contributed by atoms with van der Waals surface area (Å²) in [5.74, 6) is -0.252. The molecule has 1 heterocycles. The summed E-state index contributed by atoms with van der Waals surface area (Å²) >= 11 is 0. The molecule has 18 heavy (non-hydrogen) atoms. The second-order valence-corrected chi connectivity index (χ2v) is 3.99. The largest absolute Gasteiger partial charge is 0.489 e. The molecule has 2 aromatic rings. The van der Waals surface area contributed by atoms with Gasteiger partial charge in [0.15, 0.2) is 0 Å². The number of hydrogen-bond donors (Lipinski definition) is 0. The van der Waals surface area contributed by atoms with Crippen LogP contribution in [0.3, 0.4) is 0 Å². The Bertz CT molecular complexity index is 671. The molecule has 94 valence electrons. The smallest absolute Gasteiger partial charge is 0.372 e. The van der Waals surface area contributed by atoms with Gasteiger partial charge in [-0.1, -0.05) is 12.7 Å². The van der Waals surface area contributed by atoms with Crippen molar-refractivity contribution in [3.63, 3.8) is 0 Å². The molecule has 0 aliphatic rings. The Balaban J connectivity index is 2.71. The van der Waals surface area contributed by atoms with E-state index in [1.807, 2.05) is 0 Å². The molecule has 0 atom stereocenters. The highest BCUT2D eigenvalue weighted by Crippen LogP contribution is 2.28. The average Bonchev–Trinajstić information content (AvgIpc) is 2.36. The van der Waals surface area contributed by atoms with Crippen LogP contribution in [0.15, 0.2) is 34.0 Å². The molecule has 0 aliphatic carbocycles. The van der Waals surface area contributed by atoms with Crippen LogP contribution in [-0.2, 0) is 0 Å². The highest BCUT2D eigenvalue weighted by molar-refractivity contribution is 5.84.